The second-order valence-electron chi connectivity index (χ2n) is 4.19. The zero-order valence-corrected chi connectivity index (χ0v) is 9.24. The van der Waals surface area contributed by atoms with Crippen LogP contribution in [0.2, 0.25) is 0 Å². The van der Waals surface area contributed by atoms with Crippen molar-refractivity contribution in [2.24, 2.45) is 16.6 Å². The maximum Gasteiger partial charge on any atom is 0.103 e. The summed E-state index contributed by atoms with van der Waals surface area (Å²) in [6, 6.07) is 8.29. The van der Waals surface area contributed by atoms with Crippen molar-refractivity contribution in [2.45, 2.75) is 32.6 Å². The molecular weight excluding hydrogens is 184 g/mol. The summed E-state index contributed by atoms with van der Waals surface area (Å²) in [5, 5.41) is 0. The Labute approximate surface area is 91.2 Å². The molecular formula is C13H18N2. The van der Waals surface area contributed by atoms with Crippen LogP contribution in [0.15, 0.2) is 29.3 Å². The van der Waals surface area contributed by atoms with Crippen LogP contribution in [0.3, 0.4) is 0 Å². The van der Waals surface area contributed by atoms with E-state index in [9.17, 15) is 0 Å². The predicted molar refractivity (Wildman–Crippen MR) is 64.4 cm³/mol. The average molecular weight is 202 g/mol. The summed E-state index contributed by atoms with van der Waals surface area (Å²) in [4.78, 5) is 4.53. The molecule has 0 radical (unpaired) electrons. The molecule has 0 heterocycles. The van der Waals surface area contributed by atoms with Crippen LogP contribution >= 0.6 is 0 Å². The molecule has 1 aromatic carbocycles. The van der Waals surface area contributed by atoms with E-state index < -0.39 is 0 Å². The Morgan fingerprint density at radius 1 is 1.40 bits per heavy atom. The van der Waals surface area contributed by atoms with Crippen molar-refractivity contribution in [2.75, 3.05) is 0 Å². The van der Waals surface area contributed by atoms with E-state index in [-0.39, 0.29) is 0 Å². The summed E-state index contributed by atoms with van der Waals surface area (Å²) in [7, 11) is 0. The molecule has 0 atom stereocenters. The summed E-state index contributed by atoms with van der Waals surface area (Å²) in [6.45, 7) is 2.19. The molecule has 2 N–H and O–H groups in total. The molecule has 1 aliphatic carbocycles. The molecule has 0 aromatic heterocycles. The van der Waals surface area contributed by atoms with E-state index in [1.54, 1.807) is 0 Å². The average Bonchev–Trinajstić information content (AvgIpc) is 3.04. The lowest BCUT2D eigenvalue weighted by Crippen LogP contribution is -2.13. The van der Waals surface area contributed by atoms with Crippen LogP contribution < -0.4 is 5.73 Å². The first kappa shape index (κ1) is 10.2. The fourth-order valence-electron chi connectivity index (χ4n) is 1.71. The molecule has 0 saturated heterocycles. The number of para-hydroxylation sites is 1. The molecule has 2 nitrogen and oxygen atoms in total. The van der Waals surface area contributed by atoms with Gasteiger partial charge in [0.25, 0.3) is 0 Å². The highest BCUT2D eigenvalue weighted by Crippen LogP contribution is 2.31. The number of aryl methyl sites for hydroxylation is 1. The number of nitrogens with two attached hydrogens (primary N) is 1. The molecule has 2 rings (SSSR count). The maximum absolute atomic E-state index is 5.93. The monoisotopic (exact) mass is 202 g/mol. The van der Waals surface area contributed by atoms with Crippen LogP contribution in [0.25, 0.3) is 0 Å². The van der Waals surface area contributed by atoms with Gasteiger partial charge in [-0.1, -0.05) is 31.5 Å². The fraction of sp³-hybridized carbons (Fsp3) is 0.462. The molecule has 15 heavy (non-hydrogen) atoms. The zero-order valence-electron chi connectivity index (χ0n) is 9.24. The van der Waals surface area contributed by atoms with Gasteiger partial charge >= 0.3 is 0 Å². The molecule has 0 bridgehead atoms. The van der Waals surface area contributed by atoms with Gasteiger partial charge in [-0.05, 0) is 30.9 Å². The smallest absolute Gasteiger partial charge is 0.103 e. The minimum Gasteiger partial charge on any atom is -0.387 e. The number of hydrogen-bond donors (Lipinski definition) is 1. The SMILES string of the molecule is CCCc1ccccc1N=C(N)C1CC1. The van der Waals surface area contributed by atoms with Crippen molar-refractivity contribution in [3.05, 3.63) is 29.8 Å². The second-order valence-corrected chi connectivity index (χ2v) is 4.19. The van der Waals surface area contributed by atoms with Crippen LogP contribution in [-0.4, -0.2) is 5.84 Å². The van der Waals surface area contributed by atoms with E-state index >= 15 is 0 Å². The fourth-order valence-corrected chi connectivity index (χ4v) is 1.71. The van der Waals surface area contributed by atoms with E-state index in [4.69, 9.17) is 5.73 Å². The van der Waals surface area contributed by atoms with Gasteiger partial charge in [0.1, 0.15) is 5.84 Å². The van der Waals surface area contributed by atoms with Gasteiger partial charge in [0.2, 0.25) is 0 Å². The van der Waals surface area contributed by atoms with Gasteiger partial charge in [0.15, 0.2) is 0 Å². The lowest BCUT2D eigenvalue weighted by Gasteiger charge is -2.04. The van der Waals surface area contributed by atoms with Crippen molar-refractivity contribution in [3.8, 4) is 0 Å². The first-order valence-electron chi connectivity index (χ1n) is 5.73. The number of nitrogens with zero attached hydrogens (tertiary/aromatic N) is 1. The van der Waals surface area contributed by atoms with Gasteiger partial charge in [-0.2, -0.15) is 0 Å². The summed E-state index contributed by atoms with van der Waals surface area (Å²) in [5.41, 5.74) is 8.29. The highest BCUT2D eigenvalue weighted by molar-refractivity contribution is 5.87. The normalized spacial score (nSPS) is 16.7. The van der Waals surface area contributed by atoms with E-state index in [1.165, 1.54) is 18.4 Å². The van der Waals surface area contributed by atoms with E-state index in [0.29, 0.717) is 5.92 Å². The molecule has 1 aliphatic rings. The third kappa shape index (κ3) is 2.58. The Bertz CT molecular complexity index is 365. The number of aliphatic imine (C=N–C) groups is 1. The molecule has 0 amide bonds. The zero-order chi connectivity index (χ0) is 10.7. The van der Waals surface area contributed by atoms with Gasteiger partial charge in [-0.3, -0.25) is 0 Å². The first-order chi connectivity index (χ1) is 7.31. The van der Waals surface area contributed by atoms with E-state index in [2.05, 4.69) is 30.1 Å². The van der Waals surface area contributed by atoms with Crippen LogP contribution in [0.4, 0.5) is 5.69 Å². The largest absolute Gasteiger partial charge is 0.387 e. The van der Waals surface area contributed by atoms with Crippen molar-refractivity contribution >= 4 is 11.5 Å². The third-order valence-electron chi connectivity index (χ3n) is 2.76. The lowest BCUT2D eigenvalue weighted by molar-refractivity contribution is 0.921. The van der Waals surface area contributed by atoms with Crippen molar-refractivity contribution < 1.29 is 0 Å². The molecule has 2 heteroatoms. The van der Waals surface area contributed by atoms with Gasteiger partial charge in [0, 0.05) is 5.92 Å². The minimum absolute atomic E-state index is 0.555. The summed E-state index contributed by atoms with van der Waals surface area (Å²) < 4.78 is 0. The maximum atomic E-state index is 5.93. The van der Waals surface area contributed by atoms with Gasteiger partial charge in [-0.25, -0.2) is 4.99 Å². The summed E-state index contributed by atoms with van der Waals surface area (Å²) >= 11 is 0. The lowest BCUT2D eigenvalue weighted by atomic mass is 10.1. The predicted octanol–water partition coefficient (Wildman–Crippen LogP) is 3.04. The van der Waals surface area contributed by atoms with Gasteiger partial charge < -0.3 is 5.73 Å². The molecule has 80 valence electrons. The topological polar surface area (TPSA) is 38.4 Å². The Kier molecular flexibility index (Phi) is 3.05. The van der Waals surface area contributed by atoms with Gasteiger partial charge in [0.05, 0.1) is 5.69 Å². The summed E-state index contributed by atoms with van der Waals surface area (Å²) in [5.74, 6) is 1.37. The Balaban J connectivity index is 2.21. The minimum atomic E-state index is 0.555. The third-order valence-corrected chi connectivity index (χ3v) is 2.76. The van der Waals surface area contributed by atoms with Crippen molar-refractivity contribution in [3.63, 3.8) is 0 Å². The van der Waals surface area contributed by atoms with Gasteiger partial charge in [-0.15, -0.1) is 0 Å². The number of rotatable bonds is 4. The standard InChI is InChI=1S/C13H18N2/c1-2-5-10-6-3-4-7-12(10)15-13(14)11-8-9-11/h3-4,6-7,11H,2,5,8-9H2,1H3,(H2,14,15). The van der Waals surface area contributed by atoms with Crippen molar-refractivity contribution in [1.29, 1.82) is 0 Å². The van der Waals surface area contributed by atoms with Crippen molar-refractivity contribution in [1.82, 2.24) is 0 Å². The quantitative estimate of drug-likeness (QED) is 0.591. The molecule has 0 aliphatic heterocycles. The second kappa shape index (κ2) is 4.47. The van der Waals surface area contributed by atoms with E-state index in [1.807, 2.05) is 6.07 Å². The molecule has 0 unspecified atom stereocenters. The number of benzene rings is 1. The highest BCUT2D eigenvalue weighted by Gasteiger charge is 2.25. The molecule has 1 fully saturated rings. The summed E-state index contributed by atoms with van der Waals surface area (Å²) in [6.07, 6.45) is 4.66. The number of hydrogen-bond acceptors (Lipinski definition) is 1. The Morgan fingerprint density at radius 3 is 2.80 bits per heavy atom. The Morgan fingerprint density at radius 2 is 2.13 bits per heavy atom. The molecule has 0 spiro atoms. The molecule has 1 saturated carbocycles. The van der Waals surface area contributed by atoms with E-state index in [0.717, 1.165) is 24.4 Å². The van der Waals surface area contributed by atoms with Crippen LogP contribution in [0.5, 0.6) is 0 Å². The van der Waals surface area contributed by atoms with Crippen LogP contribution in [0.1, 0.15) is 31.7 Å². The number of amidine groups is 1. The Hall–Kier alpha value is -1.31. The highest BCUT2D eigenvalue weighted by atomic mass is 14.9. The van der Waals surface area contributed by atoms with Crippen LogP contribution in [-0.2, 0) is 6.42 Å². The molecule has 1 aromatic rings. The first-order valence-corrected chi connectivity index (χ1v) is 5.73. The van der Waals surface area contributed by atoms with Crippen LogP contribution in [0, 0.1) is 5.92 Å².